The lowest BCUT2D eigenvalue weighted by Gasteiger charge is -2.24. The fourth-order valence-corrected chi connectivity index (χ4v) is 7.76. The zero-order valence-corrected chi connectivity index (χ0v) is 26.6. The van der Waals surface area contributed by atoms with Gasteiger partial charge in [-0.05, 0) is 32.6 Å². The van der Waals surface area contributed by atoms with Crippen LogP contribution in [0.15, 0.2) is 15.8 Å². The molecule has 0 aliphatic carbocycles. The van der Waals surface area contributed by atoms with E-state index in [1.54, 1.807) is 6.92 Å². The number of aromatic nitrogens is 2. The number of hydrogen-bond donors (Lipinski definition) is 5. The number of rotatable bonds is 18. The molecule has 1 aliphatic rings. The first-order chi connectivity index (χ1) is 20.7. The van der Waals surface area contributed by atoms with Gasteiger partial charge in [-0.2, -0.15) is 8.62 Å². The molecule has 1 aliphatic heterocycles. The Morgan fingerprint density at radius 3 is 2.36 bits per heavy atom. The molecule has 0 spiro atoms. The van der Waals surface area contributed by atoms with Gasteiger partial charge in [-0.3, -0.25) is 18.9 Å². The first kappa shape index (κ1) is 37.9. The van der Waals surface area contributed by atoms with Crippen LogP contribution in [-0.4, -0.2) is 56.2 Å². The minimum atomic E-state index is -5.60. The third-order valence-corrected chi connectivity index (χ3v) is 10.3. The molecule has 5 atom stereocenters. The van der Waals surface area contributed by atoms with Gasteiger partial charge in [-0.25, -0.2) is 23.6 Å². The van der Waals surface area contributed by atoms with E-state index in [2.05, 4.69) is 42.4 Å². The second-order valence-electron chi connectivity index (χ2n) is 9.26. The van der Waals surface area contributed by atoms with Gasteiger partial charge in [0.05, 0.1) is 18.8 Å². The highest BCUT2D eigenvalue weighted by molar-refractivity contribution is 7.67. The molecular weight excluding hydrogens is 643 g/mol. The van der Waals surface area contributed by atoms with E-state index in [1.807, 2.05) is 0 Å². The Labute approximate surface area is 254 Å². The lowest BCUT2D eigenvalue weighted by atomic mass is 10.1. The maximum Gasteiger partial charge on any atom is 0.489 e. The van der Waals surface area contributed by atoms with E-state index in [4.69, 9.17) is 36.6 Å². The van der Waals surface area contributed by atoms with E-state index in [0.717, 1.165) is 17.4 Å². The zero-order valence-electron chi connectivity index (χ0n) is 24.0. The molecule has 1 fully saturated rings. The predicted molar refractivity (Wildman–Crippen MR) is 158 cm³/mol. The number of nitrogens with zero attached hydrogens (tertiary/aromatic N) is 1. The maximum absolute atomic E-state index is 13.4. The summed E-state index contributed by atoms with van der Waals surface area (Å²) in [6, 6.07) is 0. The van der Waals surface area contributed by atoms with Crippen LogP contribution in [0.3, 0.4) is 0 Å². The van der Waals surface area contributed by atoms with Crippen molar-refractivity contribution < 1.29 is 51.0 Å². The van der Waals surface area contributed by atoms with Crippen molar-refractivity contribution in [3.8, 4) is 36.5 Å². The first-order valence-corrected chi connectivity index (χ1v) is 18.1. The summed E-state index contributed by atoms with van der Waals surface area (Å²) in [6.07, 6.45) is 12.9. The highest BCUT2D eigenvalue weighted by Gasteiger charge is 2.44. The van der Waals surface area contributed by atoms with Crippen molar-refractivity contribution in [2.75, 3.05) is 19.8 Å². The van der Waals surface area contributed by atoms with Crippen molar-refractivity contribution in [1.29, 1.82) is 0 Å². The number of phosphoric acid groups is 2. The molecule has 5 N–H and O–H groups in total. The van der Waals surface area contributed by atoms with Crippen molar-refractivity contribution in [2.24, 2.45) is 0 Å². The second kappa shape index (κ2) is 18.0. The van der Waals surface area contributed by atoms with Gasteiger partial charge >= 0.3 is 29.1 Å². The van der Waals surface area contributed by atoms with E-state index in [0.29, 0.717) is 25.7 Å². The largest absolute Gasteiger partial charge is 0.489 e. The standard InChI is InChI=1S/C25H36N3O13P3/c1-4-7-9-11-12-13-15-20-19-28(25(30)27-24(20)29)23-17-21(37-6-3)22(39-23)18-26-42(31,38-16-14-10-8-5-2)40-44(35,36)41-43(32,33)34/h1-2,19,21-23H,6-12,14,16-18H2,3H3,(H,26,31)(H,35,36)(H,27,29,30)(H2,32,33,34)/t21-,22-,23-,42?/m1/s1. The van der Waals surface area contributed by atoms with Crippen molar-refractivity contribution in [1.82, 2.24) is 14.6 Å². The summed E-state index contributed by atoms with van der Waals surface area (Å²) in [5.41, 5.74) is -1.42. The van der Waals surface area contributed by atoms with Crippen LogP contribution in [0.4, 0.5) is 0 Å². The van der Waals surface area contributed by atoms with E-state index < -0.39 is 59.6 Å². The monoisotopic (exact) mass is 679 g/mol. The molecular formula is C25H36N3O13P3. The summed E-state index contributed by atoms with van der Waals surface area (Å²) < 4.78 is 62.9. The van der Waals surface area contributed by atoms with Crippen molar-refractivity contribution >= 4 is 23.4 Å². The third-order valence-electron chi connectivity index (χ3n) is 5.82. The van der Waals surface area contributed by atoms with Crippen LogP contribution in [0, 0.1) is 36.5 Å². The molecule has 44 heavy (non-hydrogen) atoms. The molecule has 1 aromatic rings. The molecule has 2 heterocycles. The predicted octanol–water partition coefficient (Wildman–Crippen LogP) is 2.52. The fourth-order valence-electron chi connectivity index (χ4n) is 3.93. The normalized spacial score (nSPS) is 20.9. The van der Waals surface area contributed by atoms with E-state index in [9.17, 15) is 28.2 Å². The average molecular weight is 679 g/mol. The highest BCUT2D eigenvalue weighted by atomic mass is 31.3. The summed E-state index contributed by atoms with van der Waals surface area (Å²) in [7, 11) is -15.9. The molecule has 244 valence electrons. The Hall–Kier alpha value is -2.31. The van der Waals surface area contributed by atoms with Crippen LogP contribution in [-0.2, 0) is 36.3 Å². The van der Waals surface area contributed by atoms with Gasteiger partial charge in [-0.15, -0.1) is 24.7 Å². The molecule has 19 heteroatoms. The number of ether oxygens (including phenoxy) is 2. The van der Waals surface area contributed by atoms with Crippen molar-refractivity contribution in [3.63, 3.8) is 0 Å². The van der Waals surface area contributed by atoms with Gasteiger partial charge in [0.2, 0.25) is 0 Å². The number of terminal acetylenes is 2. The van der Waals surface area contributed by atoms with Crippen LogP contribution < -0.4 is 16.3 Å². The Balaban J connectivity index is 2.23. The van der Waals surface area contributed by atoms with Crippen molar-refractivity contribution in [2.45, 2.75) is 76.7 Å². The van der Waals surface area contributed by atoms with Crippen LogP contribution >= 0.6 is 23.4 Å². The van der Waals surface area contributed by atoms with E-state index >= 15 is 0 Å². The van der Waals surface area contributed by atoms with Crippen molar-refractivity contribution in [3.05, 3.63) is 32.6 Å². The highest BCUT2D eigenvalue weighted by Crippen LogP contribution is 2.66. The smallest absolute Gasteiger partial charge is 0.376 e. The number of H-pyrrole nitrogens is 1. The average Bonchev–Trinajstić information content (AvgIpc) is 3.31. The lowest BCUT2D eigenvalue weighted by Crippen LogP contribution is -2.35. The molecule has 0 radical (unpaired) electrons. The van der Waals surface area contributed by atoms with Crippen LogP contribution in [0.25, 0.3) is 0 Å². The molecule has 0 saturated carbocycles. The third kappa shape index (κ3) is 13.4. The van der Waals surface area contributed by atoms with Crippen LogP contribution in [0.5, 0.6) is 0 Å². The van der Waals surface area contributed by atoms with Gasteiger partial charge in [-0.1, -0.05) is 11.8 Å². The molecule has 16 nitrogen and oxygen atoms in total. The Kier molecular flexibility index (Phi) is 15.5. The number of unbranched alkanes of at least 4 members (excludes halogenated alkanes) is 5. The Morgan fingerprint density at radius 1 is 1.07 bits per heavy atom. The molecule has 0 amide bonds. The van der Waals surface area contributed by atoms with Gasteiger partial charge in [0.25, 0.3) is 5.56 Å². The molecule has 0 bridgehead atoms. The zero-order chi connectivity index (χ0) is 32.8. The quantitative estimate of drug-likeness (QED) is 0.0854. The minimum Gasteiger partial charge on any atom is -0.376 e. The summed E-state index contributed by atoms with van der Waals surface area (Å²) in [5, 5.41) is 2.34. The second-order valence-corrected chi connectivity index (χ2v) is 14.1. The van der Waals surface area contributed by atoms with Gasteiger partial charge in [0.1, 0.15) is 11.8 Å². The number of nitrogens with one attached hydrogen (secondary N) is 2. The van der Waals surface area contributed by atoms with Crippen LogP contribution in [0.2, 0.25) is 0 Å². The Morgan fingerprint density at radius 2 is 1.73 bits per heavy atom. The van der Waals surface area contributed by atoms with Gasteiger partial charge in [0, 0.05) is 45.0 Å². The van der Waals surface area contributed by atoms with Gasteiger partial charge < -0.3 is 24.2 Å². The summed E-state index contributed by atoms with van der Waals surface area (Å²) in [5.74, 6) is 10.6. The molecule has 2 unspecified atom stereocenters. The Bertz CT molecular complexity index is 1510. The van der Waals surface area contributed by atoms with E-state index in [-0.39, 0.29) is 31.6 Å². The molecule has 0 aromatic carbocycles. The molecule has 2 rings (SSSR count). The number of aromatic amines is 1. The minimum absolute atomic E-state index is 0.0274. The number of hydrogen-bond acceptors (Lipinski definition) is 10. The summed E-state index contributed by atoms with van der Waals surface area (Å²) in [4.78, 5) is 54.8. The summed E-state index contributed by atoms with van der Waals surface area (Å²) >= 11 is 0. The topological polar surface area (TPSA) is 225 Å². The maximum atomic E-state index is 13.4. The summed E-state index contributed by atoms with van der Waals surface area (Å²) in [6.45, 7) is 1.25. The van der Waals surface area contributed by atoms with E-state index in [1.165, 1.54) is 6.20 Å². The van der Waals surface area contributed by atoms with Crippen LogP contribution in [0.1, 0.15) is 70.1 Å². The molecule has 1 aromatic heterocycles. The first-order valence-electron chi connectivity index (χ1n) is 13.5. The SMILES string of the molecule is C#CCCCCC#Cc1cn([C@H]2C[C@@H](OCC)[C@@H](CNP(=O)(OCCCCC#C)OP(=O)(O)OP(=O)(O)O)O2)c(=O)[nH]c1=O. The van der Waals surface area contributed by atoms with Gasteiger partial charge in [0.15, 0.2) is 0 Å². The fraction of sp³-hybridized carbons (Fsp3) is 0.600. The molecule has 1 saturated heterocycles. The lowest BCUT2D eigenvalue weighted by molar-refractivity contribution is -0.0342.